The van der Waals surface area contributed by atoms with Crippen LogP contribution in [-0.4, -0.2) is 20.9 Å². The third-order valence-corrected chi connectivity index (χ3v) is 5.16. The second kappa shape index (κ2) is 8.12. The molecule has 0 atom stereocenters. The molecule has 27 heavy (non-hydrogen) atoms. The summed E-state index contributed by atoms with van der Waals surface area (Å²) in [4.78, 5) is 12.2. The average Bonchev–Trinajstić information content (AvgIpc) is 2.61. The lowest BCUT2D eigenvalue weighted by Crippen LogP contribution is -2.23. The summed E-state index contributed by atoms with van der Waals surface area (Å²) < 4.78 is 64.5. The van der Waals surface area contributed by atoms with Crippen molar-refractivity contribution in [3.05, 3.63) is 71.3 Å². The van der Waals surface area contributed by atoms with E-state index in [-0.39, 0.29) is 27.7 Å². The molecule has 0 spiro atoms. The summed E-state index contributed by atoms with van der Waals surface area (Å²) in [6.45, 7) is 3.44. The Morgan fingerprint density at radius 2 is 1.78 bits per heavy atom. The van der Waals surface area contributed by atoms with E-state index in [9.17, 15) is 26.4 Å². The number of nitrogens with one attached hydrogen (secondary N) is 2. The second-order valence-electron chi connectivity index (χ2n) is 5.31. The maximum atomic E-state index is 12.8. The number of carbonyl (C=O) groups is 1. The van der Waals surface area contributed by atoms with Crippen LogP contribution in [0.3, 0.4) is 0 Å². The summed E-state index contributed by atoms with van der Waals surface area (Å²) in [5, 5.41) is 2.22. The Morgan fingerprint density at radius 3 is 2.33 bits per heavy atom. The lowest BCUT2D eigenvalue weighted by Gasteiger charge is -2.12. The Labute approximate surface area is 158 Å². The standard InChI is InChI=1S/C17H14ClF3N2O3S/c1-2-9-22-27(25,26)13-6-3-11(4-7-13)16(24)23-15-10-12(17(19,20)21)5-8-14(15)18/h2-8,10,22H,1,9H2,(H,23,24). The summed E-state index contributed by atoms with van der Waals surface area (Å²) >= 11 is 5.83. The highest BCUT2D eigenvalue weighted by molar-refractivity contribution is 7.89. The third-order valence-electron chi connectivity index (χ3n) is 3.39. The van der Waals surface area contributed by atoms with Crippen molar-refractivity contribution in [2.75, 3.05) is 11.9 Å². The van der Waals surface area contributed by atoms with Crippen LogP contribution in [0.1, 0.15) is 15.9 Å². The summed E-state index contributed by atoms with van der Waals surface area (Å²) in [5.74, 6) is -0.737. The first-order valence-corrected chi connectivity index (χ1v) is 9.29. The zero-order chi connectivity index (χ0) is 20.2. The molecule has 2 aromatic rings. The number of alkyl halides is 3. The summed E-state index contributed by atoms with van der Waals surface area (Å²) in [6, 6.07) is 7.42. The molecule has 0 radical (unpaired) electrons. The Kier molecular flexibility index (Phi) is 6.30. The van der Waals surface area contributed by atoms with Gasteiger partial charge in [0.25, 0.3) is 5.91 Å². The molecule has 0 fully saturated rings. The molecule has 2 aromatic carbocycles. The zero-order valence-electron chi connectivity index (χ0n) is 13.7. The van der Waals surface area contributed by atoms with E-state index in [1.165, 1.54) is 30.3 Å². The van der Waals surface area contributed by atoms with Gasteiger partial charge < -0.3 is 5.32 Å². The van der Waals surface area contributed by atoms with Crippen molar-refractivity contribution >= 4 is 33.2 Å². The van der Waals surface area contributed by atoms with Gasteiger partial charge in [-0.1, -0.05) is 17.7 Å². The third kappa shape index (κ3) is 5.31. The van der Waals surface area contributed by atoms with Gasteiger partial charge in [0.2, 0.25) is 10.0 Å². The van der Waals surface area contributed by atoms with E-state index < -0.39 is 27.7 Å². The van der Waals surface area contributed by atoms with Crippen LogP contribution in [0.5, 0.6) is 0 Å². The largest absolute Gasteiger partial charge is 0.416 e. The van der Waals surface area contributed by atoms with Crippen molar-refractivity contribution in [1.29, 1.82) is 0 Å². The number of sulfonamides is 1. The van der Waals surface area contributed by atoms with Crippen molar-refractivity contribution in [3.63, 3.8) is 0 Å². The Hall–Kier alpha value is -2.36. The molecule has 0 aliphatic heterocycles. The van der Waals surface area contributed by atoms with Crippen molar-refractivity contribution < 1.29 is 26.4 Å². The highest BCUT2D eigenvalue weighted by atomic mass is 35.5. The molecule has 0 aliphatic rings. The number of hydrogen-bond donors (Lipinski definition) is 2. The number of hydrogen-bond acceptors (Lipinski definition) is 3. The fourth-order valence-electron chi connectivity index (χ4n) is 2.03. The molecular weight excluding hydrogens is 405 g/mol. The van der Waals surface area contributed by atoms with E-state index in [1.807, 2.05) is 0 Å². The molecule has 0 saturated carbocycles. The van der Waals surface area contributed by atoms with Gasteiger partial charge in [0.1, 0.15) is 0 Å². The molecule has 5 nitrogen and oxygen atoms in total. The van der Waals surface area contributed by atoms with Crippen LogP contribution in [0, 0.1) is 0 Å². The average molecular weight is 419 g/mol. The molecule has 2 rings (SSSR count). The summed E-state index contributed by atoms with van der Waals surface area (Å²) in [6.07, 6.45) is -3.21. The number of rotatable bonds is 6. The number of halogens is 4. The van der Waals surface area contributed by atoms with Gasteiger partial charge in [0.05, 0.1) is 21.2 Å². The van der Waals surface area contributed by atoms with E-state index in [0.29, 0.717) is 0 Å². The molecule has 10 heteroatoms. The van der Waals surface area contributed by atoms with Gasteiger partial charge in [-0.2, -0.15) is 13.2 Å². The molecule has 0 bridgehead atoms. The lowest BCUT2D eigenvalue weighted by molar-refractivity contribution is -0.137. The maximum Gasteiger partial charge on any atom is 0.416 e. The van der Waals surface area contributed by atoms with E-state index in [4.69, 9.17) is 11.6 Å². The van der Waals surface area contributed by atoms with Crippen LogP contribution in [0.15, 0.2) is 60.0 Å². The molecule has 0 aliphatic carbocycles. The zero-order valence-corrected chi connectivity index (χ0v) is 15.3. The van der Waals surface area contributed by atoms with Gasteiger partial charge in [-0.15, -0.1) is 6.58 Å². The van der Waals surface area contributed by atoms with Gasteiger partial charge in [-0.3, -0.25) is 4.79 Å². The predicted molar refractivity (Wildman–Crippen MR) is 96.2 cm³/mol. The minimum atomic E-state index is -4.58. The first-order chi connectivity index (χ1) is 12.5. The van der Waals surface area contributed by atoms with Crippen LogP contribution in [0.2, 0.25) is 5.02 Å². The van der Waals surface area contributed by atoms with Crippen LogP contribution in [0.4, 0.5) is 18.9 Å². The highest BCUT2D eigenvalue weighted by Crippen LogP contribution is 2.34. The number of anilines is 1. The summed E-state index contributed by atoms with van der Waals surface area (Å²) in [7, 11) is -3.75. The normalized spacial score (nSPS) is 11.9. The van der Waals surface area contributed by atoms with Gasteiger partial charge >= 0.3 is 6.18 Å². The lowest BCUT2D eigenvalue weighted by atomic mass is 10.1. The van der Waals surface area contributed by atoms with E-state index in [2.05, 4.69) is 16.6 Å². The quantitative estimate of drug-likeness (QED) is 0.694. The molecule has 0 heterocycles. The number of amides is 1. The van der Waals surface area contributed by atoms with Crippen molar-refractivity contribution in [1.82, 2.24) is 4.72 Å². The Bertz CT molecular complexity index is 958. The fourth-order valence-corrected chi connectivity index (χ4v) is 3.19. The SMILES string of the molecule is C=CCNS(=O)(=O)c1ccc(C(=O)Nc2cc(C(F)(F)F)ccc2Cl)cc1. The van der Waals surface area contributed by atoms with Gasteiger partial charge in [0.15, 0.2) is 0 Å². The molecule has 1 amide bonds. The molecule has 2 N–H and O–H groups in total. The first-order valence-electron chi connectivity index (χ1n) is 7.43. The second-order valence-corrected chi connectivity index (χ2v) is 7.49. The molecule has 0 aromatic heterocycles. The highest BCUT2D eigenvalue weighted by Gasteiger charge is 2.31. The Balaban J connectivity index is 2.21. The van der Waals surface area contributed by atoms with Crippen LogP contribution < -0.4 is 10.0 Å². The van der Waals surface area contributed by atoms with Crippen LogP contribution in [0.25, 0.3) is 0 Å². The topological polar surface area (TPSA) is 75.3 Å². The minimum absolute atomic E-state index is 0.0403. The molecular formula is C17H14ClF3N2O3S. The van der Waals surface area contributed by atoms with E-state index in [0.717, 1.165) is 18.2 Å². The monoisotopic (exact) mass is 418 g/mol. The van der Waals surface area contributed by atoms with Crippen molar-refractivity contribution in [2.45, 2.75) is 11.1 Å². The summed E-state index contributed by atoms with van der Waals surface area (Å²) in [5.41, 5.74) is -1.12. The first kappa shape index (κ1) is 20.9. The number of carbonyl (C=O) groups excluding carboxylic acids is 1. The van der Waals surface area contributed by atoms with Gasteiger partial charge in [-0.25, -0.2) is 13.1 Å². The Morgan fingerprint density at radius 1 is 1.15 bits per heavy atom. The fraction of sp³-hybridized carbons (Fsp3) is 0.118. The number of benzene rings is 2. The maximum absolute atomic E-state index is 12.8. The van der Waals surface area contributed by atoms with Crippen LogP contribution in [-0.2, 0) is 16.2 Å². The van der Waals surface area contributed by atoms with Crippen molar-refractivity contribution in [3.8, 4) is 0 Å². The smallest absolute Gasteiger partial charge is 0.321 e. The molecule has 144 valence electrons. The molecule has 0 saturated heterocycles. The van der Waals surface area contributed by atoms with Crippen molar-refractivity contribution in [2.24, 2.45) is 0 Å². The van der Waals surface area contributed by atoms with Gasteiger partial charge in [-0.05, 0) is 42.5 Å². The van der Waals surface area contributed by atoms with Crippen LogP contribution >= 0.6 is 11.6 Å². The molecule has 0 unspecified atom stereocenters. The minimum Gasteiger partial charge on any atom is -0.321 e. The van der Waals surface area contributed by atoms with E-state index in [1.54, 1.807) is 0 Å². The van der Waals surface area contributed by atoms with E-state index >= 15 is 0 Å². The van der Waals surface area contributed by atoms with Gasteiger partial charge in [0, 0.05) is 12.1 Å². The predicted octanol–water partition coefficient (Wildman–Crippen LogP) is 4.08.